The van der Waals surface area contributed by atoms with Gasteiger partial charge in [-0.25, -0.2) is 4.98 Å². The van der Waals surface area contributed by atoms with Crippen molar-refractivity contribution in [3.63, 3.8) is 0 Å². The normalized spacial score (nSPS) is 10.6. The highest BCUT2D eigenvalue weighted by atomic mass is 15.2. The van der Waals surface area contributed by atoms with Gasteiger partial charge in [0.1, 0.15) is 0 Å². The fourth-order valence-corrected chi connectivity index (χ4v) is 0.697. The quantitative estimate of drug-likeness (QED) is 0.570. The van der Waals surface area contributed by atoms with Crippen molar-refractivity contribution in [2.75, 3.05) is 14.1 Å². The highest BCUT2D eigenvalue weighted by molar-refractivity contribution is 4.72. The lowest BCUT2D eigenvalue weighted by atomic mass is 10.8. The highest BCUT2D eigenvalue weighted by Crippen LogP contribution is 1.85. The molecule has 50 valence electrons. The second kappa shape index (κ2) is 2.64. The first kappa shape index (κ1) is 6.29. The van der Waals surface area contributed by atoms with Crippen molar-refractivity contribution < 1.29 is 0 Å². The number of hydrogen-bond donors (Lipinski definition) is 0. The van der Waals surface area contributed by atoms with Gasteiger partial charge in [0.05, 0.1) is 13.0 Å². The van der Waals surface area contributed by atoms with Crippen LogP contribution in [-0.2, 0) is 6.67 Å². The summed E-state index contributed by atoms with van der Waals surface area (Å²) in [4.78, 5) is 6.00. The third-order valence-corrected chi connectivity index (χ3v) is 1.01. The minimum absolute atomic E-state index is 0.903. The summed E-state index contributed by atoms with van der Waals surface area (Å²) in [6.45, 7) is 0.903. The molecule has 0 radical (unpaired) electrons. The molecule has 9 heavy (non-hydrogen) atoms. The largest absolute Gasteiger partial charge is 0.324 e. The Morgan fingerprint density at radius 1 is 1.56 bits per heavy atom. The third-order valence-electron chi connectivity index (χ3n) is 1.01. The second-order valence-electron chi connectivity index (χ2n) is 2.30. The van der Waals surface area contributed by atoms with Crippen LogP contribution < -0.4 is 0 Å². The molecule has 1 rings (SSSR count). The summed E-state index contributed by atoms with van der Waals surface area (Å²) in [5.74, 6) is 0. The summed E-state index contributed by atoms with van der Waals surface area (Å²) in [6.07, 6.45) is 5.53. The van der Waals surface area contributed by atoms with Crippen molar-refractivity contribution in [3.05, 3.63) is 18.7 Å². The molecule has 0 aliphatic carbocycles. The first-order chi connectivity index (χ1) is 4.29. The van der Waals surface area contributed by atoms with Gasteiger partial charge in [-0.2, -0.15) is 0 Å². The number of imidazole rings is 1. The van der Waals surface area contributed by atoms with E-state index in [2.05, 4.69) is 9.88 Å². The molecule has 3 nitrogen and oxygen atoms in total. The molecule has 0 amide bonds. The Bertz CT molecular complexity index is 155. The van der Waals surface area contributed by atoms with E-state index in [-0.39, 0.29) is 0 Å². The molecule has 0 aromatic carbocycles. The van der Waals surface area contributed by atoms with Crippen LogP contribution in [0.3, 0.4) is 0 Å². The Morgan fingerprint density at radius 3 is 2.78 bits per heavy atom. The Hall–Kier alpha value is -0.830. The molecule has 1 heterocycles. The number of rotatable bonds is 2. The zero-order valence-corrected chi connectivity index (χ0v) is 5.78. The van der Waals surface area contributed by atoms with Crippen molar-refractivity contribution in [1.82, 2.24) is 14.5 Å². The standard InChI is InChI=1S/C6H11N3/c1-8(2)6-9-4-3-7-5-9/h3-5H,6H2,1-2H3. The first-order valence-electron chi connectivity index (χ1n) is 2.89. The number of hydrogen-bond acceptors (Lipinski definition) is 2. The SMILES string of the molecule is CN(C)Cn1ccnc1. The van der Waals surface area contributed by atoms with Crippen LogP contribution in [0.15, 0.2) is 18.7 Å². The molecule has 0 aliphatic heterocycles. The maximum Gasteiger partial charge on any atom is 0.0956 e. The monoisotopic (exact) mass is 125 g/mol. The molecule has 0 atom stereocenters. The van der Waals surface area contributed by atoms with Gasteiger partial charge in [-0.15, -0.1) is 0 Å². The average molecular weight is 125 g/mol. The van der Waals surface area contributed by atoms with E-state index < -0.39 is 0 Å². The molecule has 0 saturated heterocycles. The van der Waals surface area contributed by atoms with E-state index in [0.717, 1.165) is 6.67 Å². The zero-order valence-electron chi connectivity index (χ0n) is 5.78. The Morgan fingerprint density at radius 2 is 2.33 bits per heavy atom. The predicted octanol–water partition coefficient (Wildman–Crippen LogP) is 0.402. The van der Waals surface area contributed by atoms with Crippen molar-refractivity contribution in [3.8, 4) is 0 Å². The van der Waals surface area contributed by atoms with Crippen molar-refractivity contribution in [2.45, 2.75) is 6.67 Å². The number of nitrogens with zero attached hydrogens (tertiary/aromatic N) is 3. The summed E-state index contributed by atoms with van der Waals surface area (Å²) < 4.78 is 2.01. The van der Waals surface area contributed by atoms with Gasteiger partial charge >= 0.3 is 0 Å². The van der Waals surface area contributed by atoms with E-state index in [0.29, 0.717) is 0 Å². The summed E-state index contributed by atoms with van der Waals surface area (Å²) in [5, 5.41) is 0. The molecule has 0 spiro atoms. The fraction of sp³-hybridized carbons (Fsp3) is 0.500. The Balaban J connectivity index is 2.48. The highest BCUT2D eigenvalue weighted by Gasteiger charge is 1.88. The molecule has 3 heteroatoms. The van der Waals surface area contributed by atoms with Gasteiger partial charge in [-0.3, -0.25) is 4.90 Å². The van der Waals surface area contributed by atoms with E-state index >= 15 is 0 Å². The van der Waals surface area contributed by atoms with Crippen molar-refractivity contribution >= 4 is 0 Å². The minimum Gasteiger partial charge on any atom is -0.324 e. The summed E-state index contributed by atoms with van der Waals surface area (Å²) in [5.41, 5.74) is 0. The summed E-state index contributed by atoms with van der Waals surface area (Å²) >= 11 is 0. The first-order valence-corrected chi connectivity index (χ1v) is 2.89. The van der Waals surface area contributed by atoms with E-state index in [9.17, 15) is 0 Å². The third kappa shape index (κ3) is 1.85. The van der Waals surface area contributed by atoms with Gasteiger partial charge in [-0.05, 0) is 14.1 Å². The molecule has 0 saturated carbocycles. The van der Waals surface area contributed by atoms with Crippen LogP contribution in [0.5, 0.6) is 0 Å². The van der Waals surface area contributed by atoms with Gasteiger partial charge < -0.3 is 4.57 Å². The molecule has 1 aromatic heterocycles. The van der Waals surface area contributed by atoms with E-state index in [1.807, 2.05) is 24.9 Å². The van der Waals surface area contributed by atoms with Crippen molar-refractivity contribution in [2.24, 2.45) is 0 Å². The van der Waals surface area contributed by atoms with Crippen LogP contribution in [0.25, 0.3) is 0 Å². The molecule has 0 aliphatic rings. The van der Waals surface area contributed by atoms with Gasteiger partial charge in [-0.1, -0.05) is 0 Å². The molecule has 1 aromatic rings. The predicted molar refractivity (Wildman–Crippen MR) is 35.9 cm³/mol. The smallest absolute Gasteiger partial charge is 0.0956 e. The van der Waals surface area contributed by atoms with Crippen molar-refractivity contribution in [1.29, 1.82) is 0 Å². The summed E-state index contributed by atoms with van der Waals surface area (Å²) in [6, 6.07) is 0. The molecular weight excluding hydrogens is 114 g/mol. The van der Waals surface area contributed by atoms with E-state index in [4.69, 9.17) is 0 Å². The van der Waals surface area contributed by atoms with Crippen LogP contribution in [-0.4, -0.2) is 28.5 Å². The molecule has 0 N–H and O–H groups in total. The lowest BCUT2D eigenvalue weighted by molar-refractivity contribution is 0.326. The van der Waals surface area contributed by atoms with Gasteiger partial charge in [0.2, 0.25) is 0 Å². The van der Waals surface area contributed by atoms with Crippen LogP contribution in [0, 0.1) is 0 Å². The van der Waals surface area contributed by atoms with Gasteiger partial charge in [0.25, 0.3) is 0 Å². The lowest BCUT2D eigenvalue weighted by Gasteiger charge is -2.08. The molecule has 0 bridgehead atoms. The van der Waals surface area contributed by atoms with E-state index in [1.165, 1.54) is 0 Å². The summed E-state index contributed by atoms with van der Waals surface area (Å²) in [7, 11) is 4.06. The Labute approximate surface area is 54.9 Å². The lowest BCUT2D eigenvalue weighted by Crippen LogP contribution is -2.15. The molecule has 0 fully saturated rings. The van der Waals surface area contributed by atoms with E-state index in [1.54, 1.807) is 12.5 Å². The number of aromatic nitrogens is 2. The average Bonchev–Trinajstić information content (AvgIpc) is 2.15. The fourth-order valence-electron chi connectivity index (χ4n) is 0.697. The minimum atomic E-state index is 0.903. The maximum atomic E-state index is 3.91. The van der Waals surface area contributed by atoms with Gasteiger partial charge in [0, 0.05) is 12.4 Å². The van der Waals surface area contributed by atoms with Crippen LogP contribution in [0.4, 0.5) is 0 Å². The van der Waals surface area contributed by atoms with Crippen LogP contribution >= 0.6 is 0 Å². The molecular formula is C6H11N3. The zero-order chi connectivity index (χ0) is 6.69. The maximum absolute atomic E-state index is 3.91. The van der Waals surface area contributed by atoms with Gasteiger partial charge in [0.15, 0.2) is 0 Å². The van der Waals surface area contributed by atoms with Crippen LogP contribution in [0.1, 0.15) is 0 Å². The Kier molecular flexibility index (Phi) is 1.85. The topological polar surface area (TPSA) is 21.1 Å². The second-order valence-corrected chi connectivity index (χ2v) is 2.30. The molecule has 0 unspecified atom stereocenters. The van der Waals surface area contributed by atoms with Crippen LogP contribution in [0.2, 0.25) is 0 Å².